The number of rotatable bonds is 6. The van der Waals surface area contributed by atoms with E-state index in [1.807, 2.05) is 42.5 Å². The Morgan fingerprint density at radius 3 is 2.11 bits per heavy atom. The summed E-state index contributed by atoms with van der Waals surface area (Å²) < 4.78 is 4.73. The molecule has 28 heavy (non-hydrogen) atoms. The van der Waals surface area contributed by atoms with Crippen molar-refractivity contribution in [3.63, 3.8) is 0 Å². The van der Waals surface area contributed by atoms with E-state index in [0.29, 0.717) is 18.3 Å². The van der Waals surface area contributed by atoms with E-state index in [9.17, 15) is 9.59 Å². The predicted octanol–water partition coefficient (Wildman–Crippen LogP) is 5.56. The Hall–Kier alpha value is -2.82. The fourth-order valence-electron chi connectivity index (χ4n) is 3.86. The van der Waals surface area contributed by atoms with Gasteiger partial charge in [-0.05, 0) is 73.8 Å². The zero-order chi connectivity index (χ0) is 19.8. The normalized spacial score (nSPS) is 18.9. The molecule has 1 aliphatic carbocycles. The Labute approximate surface area is 166 Å². The molecule has 0 atom stereocenters. The first kappa shape index (κ1) is 19.9. The molecule has 0 aliphatic heterocycles. The van der Waals surface area contributed by atoms with Crippen molar-refractivity contribution in [2.75, 3.05) is 17.7 Å². The molecule has 1 saturated carbocycles. The highest BCUT2D eigenvalue weighted by atomic mass is 16.5. The maximum absolute atomic E-state index is 12.1. The van der Waals surface area contributed by atoms with Crippen LogP contribution >= 0.6 is 0 Å². The number of hydrogen-bond acceptors (Lipinski definition) is 3. The molecule has 1 fully saturated rings. The van der Waals surface area contributed by atoms with E-state index in [-0.39, 0.29) is 12.0 Å². The number of para-hydroxylation sites is 1. The van der Waals surface area contributed by atoms with Crippen LogP contribution in [0.2, 0.25) is 0 Å². The zero-order valence-corrected chi connectivity index (χ0v) is 16.3. The largest absolute Gasteiger partial charge is 0.469 e. The van der Waals surface area contributed by atoms with Gasteiger partial charge in [-0.2, -0.15) is 0 Å². The molecule has 3 rings (SSSR count). The Balaban J connectivity index is 1.45. The maximum Gasteiger partial charge on any atom is 0.323 e. The summed E-state index contributed by atoms with van der Waals surface area (Å²) in [5.41, 5.74) is 2.87. The van der Waals surface area contributed by atoms with Crippen molar-refractivity contribution >= 4 is 23.4 Å². The first-order valence-corrected chi connectivity index (χ1v) is 9.94. The molecule has 2 aromatic carbocycles. The molecule has 0 heterocycles. The summed E-state index contributed by atoms with van der Waals surface area (Å²) in [5, 5.41) is 5.68. The average Bonchev–Trinajstić information content (AvgIpc) is 2.73. The van der Waals surface area contributed by atoms with Gasteiger partial charge >= 0.3 is 12.0 Å². The highest BCUT2D eigenvalue weighted by Gasteiger charge is 2.23. The molecule has 148 valence electrons. The lowest BCUT2D eigenvalue weighted by atomic mass is 9.77. The van der Waals surface area contributed by atoms with Gasteiger partial charge in [-0.25, -0.2) is 4.79 Å². The van der Waals surface area contributed by atoms with E-state index in [0.717, 1.165) is 43.5 Å². The van der Waals surface area contributed by atoms with Crippen LogP contribution in [-0.4, -0.2) is 19.1 Å². The van der Waals surface area contributed by atoms with Gasteiger partial charge in [-0.3, -0.25) is 4.79 Å². The summed E-state index contributed by atoms with van der Waals surface area (Å²) in [6.07, 6.45) is 6.05. The molecule has 2 N–H and O–H groups in total. The van der Waals surface area contributed by atoms with E-state index < -0.39 is 0 Å². The second-order valence-electron chi connectivity index (χ2n) is 7.40. The van der Waals surface area contributed by atoms with Crippen LogP contribution in [0.1, 0.15) is 50.0 Å². The molecule has 1 aliphatic rings. The minimum absolute atomic E-state index is 0.110. The number of esters is 1. The van der Waals surface area contributed by atoms with E-state index in [1.54, 1.807) is 0 Å². The second-order valence-corrected chi connectivity index (χ2v) is 7.40. The number of carbonyl (C=O) groups excluding carboxylic acids is 2. The van der Waals surface area contributed by atoms with Gasteiger partial charge in [-0.1, -0.05) is 30.3 Å². The average molecular weight is 380 g/mol. The van der Waals surface area contributed by atoms with Crippen molar-refractivity contribution < 1.29 is 14.3 Å². The van der Waals surface area contributed by atoms with Crippen molar-refractivity contribution in [3.8, 4) is 0 Å². The number of anilines is 2. The van der Waals surface area contributed by atoms with E-state index in [2.05, 4.69) is 22.8 Å². The van der Waals surface area contributed by atoms with Gasteiger partial charge in [0.15, 0.2) is 0 Å². The topological polar surface area (TPSA) is 67.4 Å². The molecule has 0 bridgehead atoms. The molecule has 0 aromatic heterocycles. The van der Waals surface area contributed by atoms with E-state index >= 15 is 0 Å². The van der Waals surface area contributed by atoms with Crippen LogP contribution < -0.4 is 10.6 Å². The fraction of sp³-hybridized carbons (Fsp3) is 0.391. The lowest BCUT2D eigenvalue weighted by Gasteiger charge is -2.28. The van der Waals surface area contributed by atoms with Crippen LogP contribution in [0.3, 0.4) is 0 Å². The monoisotopic (exact) mass is 380 g/mol. The third-order valence-corrected chi connectivity index (χ3v) is 5.50. The molecule has 0 spiro atoms. The number of benzene rings is 2. The van der Waals surface area contributed by atoms with Gasteiger partial charge in [0, 0.05) is 17.8 Å². The molecule has 5 nitrogen and oxygen atoms in total. The van der Waals surface area contributed by atoms with Crippen LogP contribution in [0.5, 0.6) is 0 Å². The van der Waals surface area contributed by atoms with Crippen LogP contribution in [0.4, 0.5) is 16.2 Å². The van der Waals surface area contributed by atoms with Crippen LogP contribution in [0.25, 0.3) is 0 Å². The quantitative estimate of drug-likeness (QED) is 0.645. The van der Waals surface area contributed by atoms with Gasteiger partial charge in [0.1, 0.15) is 0 Å². The second kappa shape index (κ2) is 9.93. The molecule has 0 saturated heterocycles. The van der Waals surface area contributed by atoms with Crippen molar-refractivity contribution in [1.82, 2.24) is 0 Å². The first-order chi connectivity index (χ1) is 13.6. The molecular formula is C23H28N2O3. The Morgan fingerprint density at radius 2 is 1.50 bits per heavy atom. The Kier molecular flexibility index (Phi) is 7.06. The lowest BCUT2D eigenvalue weighted by molar-refractivity contribution is -0.141. The highest BCUT2D eigenvalue weighted by Crippen LogP contribution is 2.37. The smallest absolute Gasteiger partial charge is 0.323 e. The third-order valence-electron chi connectivity index (χ3n) is 5.50. The standard InChI is InChI=1S/C23H28N2O3/c1-28-22(26)16-9-17-7-10-18(11-8-17)19-12-14-21(15-13-19)25-23(27)24-20-5-3-2-4-6-20/h2-6,12-15,17-18H,7-11,16H2,1H3,(H2,24,25,27)/t17-,18+. The van der Waals surface area contributed by atoms with Crippen LogP contribution in [0.15, 0.2) is 54.6 Å². The number of amides is 2. The summed E-state index contributed by atoms with van der Waals surface area (Å²) >= 11 is 0. The lowest BCUT2D eigenvalue weighted by Crippen LogP contribution is -2.19. The summed E-state index contributed by atoms with van der Waals surface area (Å²) in [5.74, 6) is 1.07. The number of urea groups is 1. The van der Waals surface area contributed by atoms with Gasteiger partial charge in [0.05, 0.1) is 7.11 Å². The summed E-state index contributed by atoms with van der Waals surface area (Å²) in [7, 11) is 1.45. The number of methoxy groups -OCH3 is 1. The minimum Gasteiger partial charge on any atom is -0.469 e. The van der Waals surface area contributed by atoms with Gasteiger partial charge in [0.2, 0.25) is 0 Å². The predicted molar refractivity (Wildman–Crippen MR) is 111 cm³/mol. The summed E-state index contributed by atoms with van der Waals surface area (Å²) in [6.45, 7) is 0. The number of nitrogens with one attached hydrogen (secondary N) is 2. The number of carbonyl (C=O) groups is 2. The highest BCUT2D eigenvalue weighted by molar-refractivity contribution is 5.99. The molecule has 2 aromatic rings. The van der Waals surface area contributed by atoms with E-state index in [1.165, 1.54) is 12.7 Å². The van der Waals surface area contributed by atoms with Crippen molar-refractivity contribution in [2.45, 2.75) is 44.4 Å². The molecule has 5 heteroatoms. The van der Waals surface area contributed by atoms with Crippen LogP contribution in [-0.2, 0) is 9.53 Å². The summed E-state index contributed by atoms with van der Waals surface area (Å²) in [4.78, 5) is 23.4. The molecule has 0 unspecified atom stereocenters. The van der Waals surface area contributed by atoms with Gasteiger partial charge in [-0.15, -0.1) is 0 Å². The van der Waals surface area contributed by atoms with Crippen molar-refractivity contribution in [3.05, 3.63) is 60.2 Å². The number of ether oxygens (including phenoxy) is 1. The Morgan fingerprint density at radius 1 is 0.893 bits per heavy atom. The van der Waals surface area contributed by atoms with Crippen molar-refractivity contribution in [2.24, 2.45) is 5.92 Å². The SMILES string of the molecule is COC(=O)CC[C@H]1CC[C@@H](c2ccc(NC(=O)Nc3ccccc3)cc2)CC1. The summed E-state index contributed by atoms with van der Waals surface area (Å²) in [6, 6.07) is 17.3. The van der Waals surface area contributed by atoms with Crippen molar-refractivity contribution in [1.29, 1.82) is 0 Å². The van der Waals surface area contributed by atoms with E-state index in [4.69, 9.17) is 4.74 Å². The molecule has 2 amide bonds. The fourth-order valence-corrected chi connectivity index (χ4v) is 3.86. The van der Waals surface area contributed by atoms with Gasteiger partial charge in [0.25, 0.3) is 0 Å². The van der Waals surface area contributed by atoms with Gasteiger partial charge < -0.3 is 15.4 Å². The first-order valence-electron chi connectivity index (χ1n) is 9.94. The number of hydrogen-bond donors (Lipinski definition) is 2. The minimum atomic E-state index is -0.245. The Bertz CT molecular complexity index is 766. The molecule has 0 radical (unpaired) electrons. The zero-order valence-electron chi connectivity index (χ0n) is 16.3. The maximum atomic E-state index is 12.1. The molecular weight excluding hydrogens is 352 g/mol. The third kappa shape index (κ3) is 5.84. The van der Waals surface area contributed by atoms with Crippen LogP contribution in [0, 0.1) is 5.92 Å².